The molecule has 0 aromatic heterocycles. The summed E-state index contributed by atoms with van der Waals surface area (Å²) < 4.78 is 5.30. The number of aliphatic hydroxyl groups excluding tert-OH is 1. The summed E-state index contributed by atoms with van der Waals surface area (Å²) in [5.41, 5.74) is 0.480. The zero-order chi connectivity index (χ0) is 27.3. The molecule has 3 N–H and O–H groups in total. The van der Waals surface area contributed by atoms with E-state index in [-0.39, 0.29) is 11.9 Å². The Balaban J connectivity index is 1.65. The van der Waals surface area contributed by atoms with Crippen molar-refractivity contribution in [3.05, 3.63) is 78.4 Å². The first-order chi connectivity index (χ1) is 18.2. The van der Waals surface area contributed by atoms with Crippen LogP contribution in [-0.4, -0.2) is 52.2 Å². The van der Waals surface area contributed by atoms with Gasteiger partial charge >= 0.3 is 6.09 Å². The molecule has 4 rings (SSSR count). The Kier molecular flexibility index (Phi) is 8.32. The highest BCUT2D eigenvalue weighted by atomic mass is 16.6. The van der Waals surface area contributed by atoms with Gasteiger partial charge in [0.2, 0.25) is 5.91 Å². The van der Waals surface area contributed by atoms with Crippen LogP contribution in [-0.2, 0) is 14.3 Å². The van der Waals surface area contributed by atoms with Crippen molar-refractivity contribution < 1.29 is 24.2 Å². The van der Waals surface area contributed by atoms with Gasteiger partial charge in [0.05, 0.1) is 6.61 Å². The molecule has 0 aliphatic heterocycles. The molecule has 3 amide bonds. The minimum Gasteiger partial charge on any atom is -0.444 e. The fraction of sp³-hybridized carbons (Fsp3) is 0.367. The monoisotopic (exact) mass is 517 g/mol. The predicted octanol–water partition coefficient (Wildman–Crippen LogP) is 4.79. The molecule has 0 saturated heterocycles. The first-order valence-electron chi connectivity index (χ1n) is 12.9. The van der Waals surface area contributed by atoms with Crippen molar-refractivity contribution in [3.8, 4) is 0 Å². The fourth-order valence-electron chi connectivity index (χ4n) is 4.55. The largest absolute Gasteiger partial charge is 0.444 e. The molecule has 2 unspecified atom stereocenters. The van der Waals surface area contributed by atoms with Crippen LogP contribution in [0.15, 0.2) is 72.8 Å². The number of benzene rings is 3. The summed E-state index contributed by atoms with van der Waals surface area (Å²) in [6.45, 7) is 4.51. The van der Waals surface area contributed by atoms with Crippen LogP contribution in [0.3, 0.4) is 0 Å². The first kappa shape index (κ1) is 27.1. The second-order valence-electron chi connectivity index (χ2n) is 10.6. The predicted molar refractivity (Wildman–Crippen MR) is 146 cm³/mol. The molecule has 1 aliphatic carbocycles. The second kappa shape index (κ2) is 11.6. The lowest BCUT2D eigenvalue weighted by Gasteiger charge is -2.43. The van der Waals surface area contributed by atoms with Crippen LogP contribution < -0.4 is 10.6 Å². The molecule has 1 saturated carbocycles. The Bertz CT molecular complexity index is 1280. The lowest BCUT2D eigenvalue weighted by atomic mass is 9.88. The molecular formula is C30H35N3O5. The van der Waals surface area contributed by atoms with Gasteiger partial charge in [0.1, 0.15) is 17.7 Å². The lowest BCUT2D eigenvalue weighted by molar-refractivity contribution is -0.146. The van der Waals surface area contributed by atoms with Crippen molar-refractivity contribution in [1.82, 2.24) is 10.2 Å². The summed E-state index contributed by atoms with van der Waals surface area (Å²) in [4.78, 5) is 41.7. The highest BCUT2D eigenvalue weighted by Crippen LogP contribution is 2.34. The number of hydrogen-bond acceptors (Lipinski definition) is 5. The Labute approximate surface area is 223 Å². The van der Waals surface area contributed by atoms with E-state index in [0.29, 0.717) is 11.3 Å². The summed E-state index contributed by atoms with van der Waals surface area (Å²) in [5, 5.41) is 17.6. The molecule has 2 atom stereocenters. The maximum Gasteiger partial charge on any atom is 0.408 e. The molecule has 3 aromatic rings. The number of nitrogens with zero attached hydrogens (tertiary/aromatic N) is 1. The van der Waals surface area contributed by atoms with Crippen molar-refractivity contribution in [1.29, 1.82) is 0 Å². The van der Waals surface area contributed by atoms with Crippen molar-refractivity contribution >= 4 is 34.4 Å². The molecule has 38 heavy (non-hydrogen) atoms. The molecule has 0 spiro atoms. The summed E-state index contributed by atoms with van der Waals surface area (Å²) >= 11 is 0. The van der Waals surface area contributed by atoms with Gasteiger partial charge in [-0.15, -0.1) is 0 Å². The zero-order valence-electron chi connectivity index (χ0n) is 22.0. The highest BCUT2D eigenvalue weighted by Gasteiger charge is 2.41. The number of aliphatic hydroxyl groups is 1. The highest BCUT2D eigenvalue weighted by molar-refractivity contribution is 6.00. The minimum absolute atomic E-state index is 0.204. The standard InChI is InChI=1S/C30H35N3O5/c1-30(2,3)38-29(37)32-25(19-34)28(36)33(24-14-9-15-24)26(21-11-5-4-6-12-21)27(35)31-23-17-16-20-10-7-8-13-22(20)18-23/h4-8,10-13,16-18,24-26,34H,9,14-15,19H2,1-3H3,(H,31,35)(H,32,37). The van der Waals surface area contributed by atoms with Gasteiger partial charge in [0.25, 0.3) is 5.91 Å². The van der Waals surface area contributed by atoms with E-state index in [2.05, 4.69) is 10.6 Å². The van der Waals surface area contributed by atoms with E-state index >= 15 is 0 Å². The number of carbonyl (C=O) groups excluding carboxylic acids is 3. The third-order valence-electron chi connectivity index (χ3n) is 6.55. The molecule has 0 bridgehead atoms. The number of amides is 3. The van der Waals surface area contributed by atoms with E-state index < -0.39 is 36.3 Å². The van der Waals surface area contributed by atoms with Crippen molar-refractivity contribution in [3.63, 3.8) is 0 Å². The number of anilines is 1. The molecule has 3 aromatic carbocycles. The Morgan fingerprint density at radius 1 is 0.974 bits per heavy atom. The van der Waals surface area contributed by atoms with Crippen LogP contribution >= 0.6 is 0 Å². The van der Waals surface area contributed by atoms with Crippen LogP contribution in [0.1, 0.15) is 51.6 Å². The summed E-state index contributed by atoms with van der Waals surface area (Å²) in [6, 6.07) is 20.2. The lowest BCUT2D eigenvalue weighted by Crippen LogP contribution is -2.58. The molecule has 8 nitrogen and oxygen atoms in total. The average molecular weight is 518 g/mol. The van der Waals surface area contributed by atoms with Gasteiger partial charge in [0.15, 0.2) is 0 Å². The number of alkyl carbamates (subject to hydrolysis) is 1. The van der Waals surface area contributed by atoms with Crippen LogP contribution in [0, 0.1) is 0 Å². The third-order valence-corrected chi connectivity index (χ3v) is 6.55. The molecule has 8 heteroatoms. The van der Waals surface area contributed by atoms with Crippen molar-refractivity contribution in [2.24, 2.45) is 0 Å². The number of carbonyl (C=O) groups is 3. The van der Waals surface area contributed by atoms with Crippen LogP contribution in [0.2, 0.25) is 0 Å². The maximum atomic E-state index is 13.9. The smallest absolute Gasteiger partial charge is 0.408 e. The first-order valence-corrected chi connectivity index (χ1v) is 12.9. The third kappa shape index (κ3) is 6.50. The van der Waals surface area contributed by atoms with Gasteiger partial charge in [-0.25, -0.2) is 4.79 Å². The number of fused-ring (bicyclic) bond motifs is 1. The number of hydrogen-bond donors (Lipinski definition) is 3. The number of ether oxygens (including phenoxy) is 1. The summed E-state index contributed by atoms with van der Waals surface area (Å²) in [6.07, 6.45) is 1.56. The fourth-order valence-corrected chi connectivity index (χ4v) is 4.55. The van der Waals surface area contributed by atoms with E-state index in [0.717, 1.165) is 30.0 Å². The molecule has 1 fully saturated rings. The zero-order valence-corrected chi connectivity index (χ0v) is 22.0. The Morgan fingerprint density at radius 2 is 1.63 bits per heavy atom. The summed E-state index contributed by atoms with van der Waals surface area (Å²) in [5.74, 6) is -0.911. The maximum absolute atomic E-state index is 13.9. The van der Waals surface area contributed by atoms with Crippen LogP contribution in [0.25, 0.3) is 10.8 Å². The average Bonchev–Trinajstić information content (AvgIpc) is 2.85. The van der Waals surface area contributed by atoms with E-state index in [1.54, 1.807) is 32.9 Å². The van der Waals surface area contributed by atoms with Gasteiger partial charge in [-0.1, -0.05) is 60.7 Å². The minimum atomic E-state index is -1.26. The topological polar surface area (TPSA) is 108 Å². The normalized spacial score (nSPS) is 15.2. The number of nitrogens with one attached hydrogen (secondary N) is 2. The van der Waals surface area contributed by atoms with Crippen molar-refractivity contribution in [2.45, 2.75) is 63.8 Å². The van der Waals surface area contributed by atoms with Gasteiger partial charge in [-0.3, -0.25) is 9.59 Å². The van der Waals surface area contributed by atoms with Gasteiger partial charge in [-0.05, 0) is 68.5 Å². The molecule has 0 heterocycles. The second-order valence-corrected chi connectivity index (χ2v) is 10.6. The van der Waals surface area contributed by atoms with E-state index in [4.69, 9.17) is 4.74 Å². The van der Waals surface area contributed by atoms with Crippen molar-refractivity contribution in [2.75, 3.05) is 11.9 Å². The van der Waals surface area contributed by atoms with E-state index in [1.807, 2.05) is 60.7 Å². The van der Waals surface area contributed by atoms with E-state index in [1.165, 1.54) is 4.90 Å². The Morgan fingerprint density at radius 3 is 2.24 bits per heavy atom. The molecule has 0 radical (unpaired) electrons. The molecular weight excluding hydrogens is 482 g/mol. The molecule has 1 aliphatic rings. The number of rotatable bonds is 8. The molecule has 200 valence electrons. The SMILES string of the molecule is CC(C)(C)OC(=O)NC(CO)C(=O)N(C1CCC1)C(C(=O)Nc1ccc2ccccc2c1)c1ccccc1. The van der Waals surface area contributed by atoms with Crippen LogP contribution in [0.5, 0.6) is 0 Å². The van der Waals surface area contributed by atoms with Crippen LogP contribution in [0.4, 0.5) is 10.5 Å². The van der Waals surface area contributed by atoms with E-state index in [9.17, 15) is 19.5 Å². The van der Waals surface area contributed by atoms with Gasteiger partial charge in [0, 0.05) is 11.7 Å². The quantitative estimate of drug-likeness (QED) is 0.398. The van der Waals surface area contributed by atoms with Gasteiger partial charge in [-0.2, -0.15) is 0 Å². The Hall–Kier alpha value is -3.91. The van der Waals surface area contributed by atoms with Gasteiger partial charge < -0.3 is 25.4 Å². The summed E-state index contributed by atoms with van der Waals surface area (Å²) in [7, 11) is 0.